The summed E-state index contributed by atoms with van der Waals surface area (Å²) in [6.07, 6.45) is 3.01. The molecule has 4 nitrogen and oxygen atoms in total. The molecule has 1 aliphatic rings. The lowest BCUT2D eigenvalue weighted by Crippen LogP contribution is -2.09. The van der Waals surface area contributed by atoms with Crippen LogP contribution in [-0.4, -0.2) is 25.1 Å². The van der Waals surface area contributed by atoms with Gasteiger partial charge in [0.25, 0.3) is 0 Å². The van der Waals surface area contributed by atoms with Crippen LogP contribution in [0.3, 0.4) is 0 Å². The molecule has 28 heavy (non-hydrogen) atoms. The maximum Gasteiger partial charge on any atom is 0.197 e. The van der Waals surface area contributed by atoms with Crippen molar-refractivity contribution in [2.45, 2.75) is 32.3 Å². The molecule has 2 aromatic carbocycles. The first-order chi connectivity index (χ1) is 13.6. The summed E-state index contributed by atoms with van der Waals surface area (Å²) < 4.78 is 19.0. The molecule has 3 aromatic rings. The van der Waals surface area contributed by atoms with Crippen molar-refractivity contribution in [1.29, 1.82) is 0 Å². The van der Waals surface area contributed by atoms with Crippen LogP contribution < -0.4 is 4.74 Å². The molecule has 1 atom stereocenters. The number of carbonyl (C=O) groups is 1. The van der Waals surface area contributed by atoms with Crippen molar-refractivity contribution >= 4 is 61.9 Å². The van der Waals surface area contributed by atoms with Crippen molar-refractivity contribution < 1.29 is 18.7 Å². The molecule has 1 unspecified atom stereocenters. The highest BCUT2D eigenvalue weighted by Crippen LogP contribution is 2.33. The number of unbranched alkanes of at least 4 members (excludes halogenated alkanes) is 1. The summed E-state index contributed by atoms with van der Waals surface area (Å²) in [6.45, 7) is 3.45. The second kappa shape index (κ2) is 8.71. The monoisotopic (exact) mass is 602 g/mol. The minimum atomic E-state index is 0.00367. The second-order valence-corrected chi connectivity index (χ2v) is 9.19. The van der Waals surface area contributed by atoms with E-state index in [1.165, 1.54) is 0 Å². The third kappa shape index (κ3) is 4.23. The first-order valence-electron chi connectivity index (χ1n) is 9.37. The molecule has 0 spiro atoms. The largest absolute Gasteiger partial charge is 0.489 e. The van der Waals surface area contributed by atoms with E-state index in [0.717, 1.165) is 55.5 Å². The summed E-state index contributed by atoms with van der Waals surface area (Å²) in [4.78, 5) is 13.5. The van der Waals surface area contributed by atoms with Gasteiger partial charge >= 0.3 is 0 Å². The predicted molar refractivity (Wildman–Crippen MR) is 125 cm³/mol. The molecule has 0 saturated carbocycles. The van der Waals surface area contributed by atoms with Gasteiger partial charge < -0.3 is 13.9 Å². The van der Waals surface area contributed by atoms with Crippen LogP contribution in [0, 0.1) is 7.14 Å². The Morgan fingerprint density at radius 3 is 2.61 bits per heavy atom. The van der Waals surface area contributed by atoms with Gasteiger partial charge in [0.2, 0.25) is 0 Å². The summed E-state index contributed by atoms with van der Waals surface area (Å²) in [6, 6.07) is 11.6. The molecule has 146 valence electrons. The number of fused-ring (bicyclic) bond motifs is 1. The van der Waals surface area contributed by atoms with Gasteiger partial charge in [-0.1, -0.05) is 31.5 Å². The van der Waals surface area contributed by atoms with Crippen molar-refractivity contribution in [3.8, 4) is 5.75 Å². The van der Waals surface area contributed by atoms with Gasteiger partial charge in [-0.15, -0.1) is 0 Å². The van der Waals surface area contributed by atoms with Gasteiger partial charge in [0, 0.05) is 17.4 Å². The number of ether oxygens (including phenoxy) is 2. The molecule has 2 heterocycles. The van der Waals surface area contributed by atoms with Crippen LogP contribution in [-0.2, 0) is 11.2 Å². The van der Waals surface area contributed by atoms with Gasteiger partial charge in [0.05, 0.1) is 19.3 Å². The molecule has 0 N–H and O–H groups in total. The van der Waals surface area contributed by atoms with Crippen LogP contribution in [0.5, 0.6) is 5.75 Å². The summed E-state index contributed by atoms with van der Waals surface area (Å²) >= 11 is 4.47. The molecule has 0 bridgehead atoms. The van der Waals surface area contributed by atoms with Crippen molar-refractivity contribution in [3.63, 3.8) is 0 Å². The Balaban J connectivity index is 1.70. The van der Waals surface area contributed by atoms with Crippen LogP contribution in [0.4, 0.5) is 0 Å². The average Bonchev–Trinajstić information content (AvgIpc) is 3.43. The van der Waals surface area contributed by atoms with Gasteiger partial charge in [-0.05, 0) is 69.8 Å². The topological polar surface area (TPSA) is 52.0 Å². The highest BCUT2D eigenvalue weighted by Gasteiger charge is 2.26. The molecule has 6 heteroatoms. The predicted octanol–water partition coefficient (Wildman–Crippen LogP) is 5.99. The minimum Gasteiger partial charge on any atom is -0.489 e. The first-order valence-corrected chi connectivity index (χ1v) is 11.5. The van der Waals surface area contributed by atoms with Crippen LogP contribution in [0.25, 0.3) is 11.0 Å². The van der Waals surface area contributed by atoms with Crippen molar-refractivity contribution in [3.05, 3.63) is 60.4 Å². The Morgan fingerprint density at radius 2 is 1.93 bits per heavy atom. The number of hydrogen-bond acceptors (Lipinski definition) is 4. The Bertz CT molecular complexity index is 998. The highest BCUT2D eigenvalue weighted by atomic mass is 127. The third-order valence-corrected chi connectivity index (χ3v) is 6.33. The summed E-state index contributed by atoms with van der Waals surface area (Å²) in [5, 5.41) is 0.884. The maximum atomic E-state index is 13.5. The van der Waals surface area contributed by atoms with E-state index in [1.807, 2.05) is 36.4 Å². The Hall–Kier alpha value is -1.13. The van der Waals surface area contributed by atoms with Crippen LogP contribution in [0.1, 0.15) is 41.4 Å². The van der Waals surface area contributed by atoms with E-state index < -0.39 is 0 Å². The fraction of sp³-hybridized carbons (Fsp3) is 0.318. The van der Waals surface area contributed by atoms with Crippen molar-refractivity contribution in [1.82, 2.24) is 0 Å². The van der Waals surface area contributed by atoms with E-state index in [0.29, 0.717) is 17.7 Å². The molecule has 1 saturated heterocycles. The van der Waals surface area contributed by atoms with Gasteiger partial charge in [-0.2, -0.15) is 0 Å². The zero-order valence-electron chi connectivity index (χ0n) is 15.5. The zero-order chi connectivity index (χ0) is 19.7. The normalized spacial score (nSPS) is 15.8. The smallest absolute Gasteiger partial charge is 0.197 e. The SMILES string of the molecule is CCCCc1oc2ccccc2c1C(=O)c1cc(I)c(OCC2CO2)c(I)c1. The molecule has 1 fully saturated rings. The van der Waals surface area contributed by atoms with Crippen LogP contribution in [0.15, 0.2) is 40.8 Å². The van der Waals surface area contributed by atoms with Gasteiger partial charge in [0.1, 0.15) is 29.8 Å². The van der Waals surface area contributed by atoms with E-state index >= 15 is 0 Å². The molecule has 4 rings (SSSR count). The van der Waals surface area contributed by atoms with E-state index in [1.54, 1.807) is 0 Å². The molecular formula is C22H20I2O4. The molecule has 0 radical (unpaired) electrons. The number of aryl methyl sites for hydroxylation is 1. The molecule has 0 amide bonds. The number of para-hydroxylation sites is 1. The number of halogens is 2. The Labute approximate surface area is 191 Å². The minimum absolute atomic E-state index is 0.00367. The average molecular weight is 602 g/mol. The summed E-state index contributed by atoms with van der Waals surface area (Å²) in [5.41, 5.74) is 2.12. The van der Waals surface area contributed by atoms with Crippen LogP contribution in [0.2, 0.25) is 0 Å². The first kappa shape index (κ1) is 20.2. The fourth-order valence-electron chi connectivity index (χ4n) is 3.17. The maximum absolute atomic E-state index is 13.5. The van der Waals surface area contributed by atoms with Gasteiger partial charge in [-0.3, -0.25) is 4.79 Å². The Morgan fingerprint density at radius 1 is 1.21 bits per heavy atom. The second-order valence-electron chi connectivity index (χ2n) is 6.86. The number of epoxide rings is 1. The lowest BCUT2D eigenvalue weighted by Gasteiger charge is -2.11. The van der Waals surface area contributed by atoms with E-state index in [2.05, 4.69) is 52.1 Å². The lowest BCUT2D eigenvalue weighted by molar-refractivity contribution is 0.103. The number of ketones is 1. The lowest BCUT2D eigenvalue weighted by atomic mass is 9.98. The van der Waals surface area contributed by atoms with Crippen molar-refractivity contribution in [2.75, 3.05) is 13.2 Å². The summed E-state index contributed by atoms with van der Waals surface area (Å²) in [7, 11) is 0. The molecular weight excluding hydrogens is 582 g/mol. The number of carbonyl (C=O) groups excluding carboxylic acids is 1. The summed E-state index contributed by atoms with van der Waals surface area (Å²) in [5.74, 6) is 1.60. The quantitative estimate of drug-likeness (QED) is 0.181. The Kier molecular flexibility index (Phi) is 6.27. The number of rotatable bonds is 8. The van der Waals surface area contributed by atoms with Crippen LogP contribution >= 0.6 is 45.2 Å². The molecule has 1 aliphatic heterocycles. The third-order valence-electron chi connectivity index (χ3n) is 4.73. The van der Waals surface area contributed by atoms with E-state index in [-0.39, 0.29) is 11.9 Å². The zero-order valence-corrected chi connectivity index (χ0v) is 19.8. The number of benzene rings is 2. The number of hydrogen-bond donors (Lipinski definition) is 0. The van der Waals surface area contributed by atoms with E-state index in [9.17, 15) is 4.79 Å². The van der Waals surface area contributed by atoms with Gasteiger partial charge in [-0.25, -0.2) is 0 Å². The molecule has 1 aromatic heterocycles. The molecule has 0 aliphatic carbocycles. The van der Waals surface area contributed by atoms with E-state index in [4.69, 9.17) is 13.9 Å². The highest BCUT2D eigenvalue weighted by molar-refractivity contribution is 14.1. The fourth-order valence-corrected chi connectivity index (χ4v) is 5.25. The standard InChI is InChI=1S/C22H20I2O4/c1-2-3-7-19-20(15-6-4-5-8-18(15)28-19)21(25)13-9-16(23)22(17(24)10-13)27-12-14-11-26-14/h4-6,8-10,14H,2-3,7,11-12H2,1H3. The van der Waals surface area contributed by atoms with Gasteiger partial charge in [0.15, 0.2) is 5.78 Å². The van der Waals surface area contributed by atoms with Crippen molar-refractivity contribution in [2.24, 2.45) is 0 Å². The number of furan rings is 1.